The number of benzene rings is 1. The van der Waals surface area contributed by atoms with E-state index in [9.17, 15) is 14.4 Å². The van der Waals surface area contributed by atoms with Crippen LogP contribution in [0.2, 0.25) is 0 Å². The van der Waals surface area contributed by atoms with Crippen molar-refractivity contribution in [2.45, 2.75) is 25.8 Å². The van der Waals surface area contributed by atoms with Crippen molar-refractivity contribution in [3.8, 4) is 5.75 Å². The maximum Gasteiger partial charge on any atom is 0.182 e. The summed E-state index contributed by atoms with van der Waals surface area (Å²) in [4.78, 5) is 38.3. The van der Waals surface area contributed by atoms with E-state index >= 15 is 0 Å². The minimum atomic E-state index is -1.21. The molecular weight excluding hydrogens is 472 g/mol. The molecule has 1 fully saturated rings. The number of halogens is 2. The van der Waals surface area contributed by atoms with Crippen LogP contribution >= 0.6 is 31.9 Å². The van der Waals surface area contributed by atoms with Gasteiger partial charge in [0, 0.05) is 18.4 Å². The summed E-state index contributed by atoms with van der Waals surface area (Å²) in [7, 11) is 0. The summed E-state index contributed by atoms with van der Waals surface area (Å²) in [5, 5.41) is 11.2. The minimum absolute atomic E-state index is 0.243. The lowest BCUT2D eigenvalue weighted by Gasteiger charge is -2.20. The molecule has 1 aliphatic rings. The van der Waals surface area contributed by atoms with E-state index in [1.54, 1.807) is 12.1 Å². The highest BCUT2D eigenvalue weighted by molar-refractivity contribution is 9.11. The van der Waals surface area contributed by atoms with E-state index < -0.39 is 11.7 Å². The smallest absolute Gasteiger partial charge is 0.182 e. The highest BCUT2D eigenvalue weighted by atomic mass is 79.9. The second-order valence-corrected chi connectivity index (χ2v) is 7.35. The van der Waals surface area contributed by atoms with E-state index in [4.69, 9.17) is 4.74 Å². The van der Waals surface area contributed by atoms with Crippen LogP contribution in [-0.2, 0) is 16.1 Å². The first-order chi connectivity index (χ1) is 12.5. The van der Waals surface area contributed by atoms with Crippen molar-refractivity contribution in [3.63, 3.8) is 0 Å². The van der Waals surface area contributed by atoms with Crippen LogP contribution in [0.25, 0.3) is 0 Å². The Morgan fingerprint density at radius 3 is 2.62 bits per heavy atom. The summed E-state index contributed by atoms with van der Waals surface area (Å²) < 4.78 is 6.76. The normalized spacial score (nSPS) is 15.3. The molecule has 0 spiro atoms. The van der Waals surface area contributed by atoms with E-state index in [0.717, 1.165) is 0 Å². The molecule has 10 heteroatoms. The lowest BCUT2D eigenvalue weighted by Crippen LogP contribution is -2.35. The van der Waals surface area contributed by atoms with Gasteiger partial charge in [0.15, 0.2) is 23.7 Å². The Balaban J connectivity index is 1.80. The SMILES string of the molecule is O=C1CCCC(=O)C1C(=O)c1ccc(Br)c(OCCn2ncnn2)c1Br. The van der Waals surface area contributed by atoms with Gasteiger partial charge in [-0.05, 0) is 55.6 Å². The Hall–Kier alpha value is -1.94. The fourth-order valence-corrected chi connectivity index (χ4v) is 4.09. The van der Waals surface area contributed by atoms with Crippen molar-refractivity contribution in [2.24, 2.45) is 5.92 Å². The zero-order valence-corrected chi connectivity index (χ0v) is 16.7. The van der Waals surface area contributed by atoms with Gasteiger partial charge in [0.05, 0.1) is 15.5 Å². The van der Waals surface area contributed by atoms with E-state index in [1.807, 2.05) is 0 Å². The fraction of sp³-hybridized carbons (Fsp3) is 0.375. The summed E-state index contributed by atoms with van der Waals surface area (Å²) in [6.45, 7) is 0.614. The molecule has 1 aliphatic carbocycles. The third kappa shape index (κ3) is 3.90. The van der Waals surface area contributed by atoms with Crippen LogP contribution in [0.1, 0.15) is 29.6 Å². The molecule has 136 valence electrons. The number of ether oxygens (including phenoxy) is 1. The third-order valence-corrected chi connectivity index (χ3v) is 5.41. The first-order valence-electron chi connectivity index (χ1n) is 7.90. The molecule has 0 amide bonds. The van der Waals surface area contributed by atoms with Crippen LogP contribution in [0, 0.1) is 5.92 Å². The van der Waals surface area contributed by atoms with E-state index in [1.165, 1.54) is 11.1 Å². The quantitative estimate of drug-likeness (QED) is 0.457. The van der Waals surface area contributed by atoms with Crippen molar-refractivity contribution in [1.29, 1.82) is 0 Å². The molecule has 1 heterocycles. The summed E-state index contributed by atoms with van der Waals surface area (Å²) >= 11 is 6.75. The average molecular weight is 486 g/mol. The Kier molecular flexibility index (Phi) is 5.92. The molecule has 0 unspecified atom stereocenters. The van der Waals surface area contributed by atoms with E-state index in [-0.39, 0.29) is 36.6 Å². The molecule has 26 heavy (non-hydrogen) atoms. The summed E-state index contributed by atoms with van der Waals surface area (Å²) in [5.41, 5.74) is 0.246. The maximum atomic E-state index is 12.8. The zero-order valence-electron chi connectivity index (χ0n) is 13.5. The van der Waals surface area contributed by atoms with Gasteiger partial charge in [-0.15, -0.1) is 10.2 Å². The standard InChI is InChI=1S/C16H14Br2N4O4/c17-10-5-4-9(15(25)13-11(23)2-1-3-12(13)24)14(18)16(10)26-7-6-22-20-8-19-21-22/h4-5,8,13H,1-3,6-7H2. The molecule has 1 aromatic carbocycles. The number of rotatable bonds is 6. The van der Waals surface area contributed by atoms with Gasteiger partial charge in [0.2, 0.25) is 0 Å². The Bertz CT molecular complexity index is 838. The number of carbonyl (C=O) groups is 3. The fourth-order valence-electron chi connectivity index (χ4n) is 2.73. The number of hydrogen-bond acceptors (Lipinski definition) is 7. The number of aromatic nitrogens is 4. The minimum Gasteiger partial charge on any atom is -0.489 e. The van der Waals surface area contributed by atoms with Crippen molar-refractivity contribution in [1.82, 2.24) is 20.2 Å². The van der Waals surface area contributed by atoms with Crippen LogP contribution in [0.5, 0.6) is 5.75 Å². The number of carbonyl (C=O) groups excluding carboxylic acids is 3. The van der Waals surface area contributed by atoms with Gasteiger partial charge in [0.25, 0.3) is 0 Å². The Morgan fingerprint density at radius 2 is 1.96 bits per heavy atom. The molecular formula is C16H14Br2N4O4. The second kappa shape index (κ2) is 8.17. The van der Waals surface area contributed by atoms with Crippen LogP contribution in [0.4, 0.5) is 0 Å². The number of Topliss-reactive ketones (excluding diaryl/α,β-unsaturated/α-hetero) is 3. The zero-order chi connectivity index (χ0) is 18.7. The average Bonchev–Trinajstić information content (AvgIpc) is 3.11. The van der Waals surface area contributed by atoms with Crippen LogP contribution in [0.15, 0.2) is 27.4 Å². The topological polar surface area (TPSA) is 104 Å². The molecule has 0 bridgehead atoms. The van der Waals surface area contributed by atoms with Crippen molar-refractivity contribution in [2.75, 3.05) is 6.61 Å². The van der Waals surface area contributed by atoms with Crippen molar-refractivity contribution < 1.29 is 19.1 Å². The summed E-state index contributed by atoms with van der Waals surface area (Å²) in [6, 6.07) is 3.22. The van der Waals surface area contributed by atoms with Crippen molar-refractivity contribution >= 4 is 49.2 Å². The number of nitrogens with zero attached hydrogens (tertiary/aromatic N) is 4. The van der Waals surface area contributed by atoms with E-state index in [0.29, 0.717) is 27.7 Å². The molecule has 0 radical (unpaired) electrons. The van der Waals surface area contributed by atoms with Crippen LogP contribution in [0.3, 0.4) is 0 Å². The molecule has 3 rings (SSSR count). The van der Waals surface area contributed by atoms with Gasteiger partial charge < -0.3 is 4.74 Å². The number of hydrogen-bond donors (Lipinski definition) is 0. The lowest BCUT2D eigenvalue weighted by molar-refractivity contribution is -0.133. The van der Waals surface area contributed by atoms with Gasteiger partial charge >= 0.3 is 0 Å². The molecule has 2 aromatic rings. The molecule has 1 saturated carbocycles. The molecule has 0 N–H and O–H groups in total. The van der Waals surface area contributed by atoms with Gasteiger partial charge in [-0.2, -0.15) is 4.80 Å². The Labute approximate surface area is 165 Å². The van der Waals surface area contributed by atoms with Gasteiger partial charge in [-0.3, -0.25) is 14.4 Å². The lowest BCUT2D eigenvalue weighted by atomic mass is 9.81. The number of tetrazole rings is 1. The number of ketones is 3. The van der Waals surface area contributed by atoms with Gasteiger partial charge in [-0.25, -0.2) is 0 Å². The highest BCUT2D eigenvalue weighted by Gasteiger charge is 2.37. The van der Waals surface area contributed by atoms with E-state index in [2.05, 4.69) is 47.3 Å². The molecule has 0 aliphatic heterocycles. The molecule has 1 aromatic heterocycles. The molecule has 0 saturated heterocycles. The van der Waals surface area contributed by atoms with Crippen LogP contribution in [-0.4, -0.2) is 44.2 Å². The van der Waals surface area contributed by atoms with Gasteiger partial charge in [-0.1, -0.05) is 0 Å². The molecule has 8 nitrogen and oxygen atoms in total. The first-order valence-corrected chi connectivity index (χ1v) is 9.49. The first kappa shape index (κ1) is 18.8. The predicted octanol–water partition coefficient (Wildman–Crippen LogP) is 2.40. The Morgan fingerprint density at radius 1 is 1.23 bits per heavy atom. The third-order valence-electron chi connectivity index (χ3n) is 4.00. The largest absolute Gasteiger partial charge is 0.489 e. The summed E-state index contributed by atoms with van der Waals surface area (Å²) in [6.07, 6.45) is 2.34. The predicted molar refractivity (Wildman–Crippen MR) is 96.8 cm³/mol. The van der Waals surface area contributed by atoms with Crippen molar-refractivity contribution in [3.05, 3.63) is 33.0 Å². The van der Waals surface area contributed by atoms with Gasteiger partial charge in [0.1, 0.15) is 18.3 Å². The second-order valence-electron chi connectivity index (χ2n) is 5.70. The summed E-state index contributed by atoms with van der Waals surface area (Å²) in [5.74, 6) is -1.94. The maximum absolute atomic E-state index is 12.8. The highest BCUT2D eigenvalue weighted by Crippen LogP contribution is 2.37. The molecule has 0 atom stereocenters. The van der Waals surface area contributed by atoms with Crippen LogP contribution < -0.4 is 4.74 Å². The monoisotopic (exact) mass is 484 g/mol.